The Bertz CT molecular complexity index is 715. The molecule has 1 saturated heterocycles. The summed E-state index contributed by atoms with van der Waals surface area (Å²) in [4.78, 5) is 26.9. The van der Waals surface area contributed by atoms with Gasteiger partial charge < -0.3 is 10.3 Å². The maximum atomic E-state index is 12.3. The maximum Gasteiger partial charge on any atom is 0.328 e. The van der Waals surface area contributed by atoms with Crippen molar-refractivity contribution in [3.05, 3.63) is 44.1 Å². The van der Waals surface area contributed by atoms with Crippen molar-refractivity contribution < 1.29 is 0 Å². The number of aromatic amines is 1. The third-order valence-corrected chi connectivity index (χ3v) is 3.58. The van der Waals surface area contributed by atoms with Crippen LogP contribution in [0.25, 0.3) is 10.9 Å². The number of nitrogens with zero attached hydrogens (tertiary/aromatic N) is 1. The molecule has 1 fully saturated rings. The molecule has 1 aromatic heterocycles. The summed E-state index contributed by atoms with van der Waals surface area (Å²) in [5.41, 5.74) is -0.201. The molecule has 0 unspecified atom stereocenters. The normalized spacial score (nSPS) is 15.8. The van der Waals surface area contributed by atoms with Gasteiger partial charge >= 0.3 is 5.69 Å². The van der Waals surface area contributed by atoms with Crippen LogP contribution >= 0.6 is 11.6 Å². The van der Waals surface area contributed by atoms with Crippen molar-refractivity contribution in [2.45, 2.75) is 6.54 Å². The third-order valence-electron chi connectivity index (χ3n) is 3.27. The molecule has 2 N–H and O–H groups in total. The third kappa shape index (κ3) is 1.76. The molecule has 6 heteroatoms. The van der Waals surface area contributed by atoms with E-state index in [1.54, 1.807) is 18.2 Å². The van der Waals surface area contributed by atoms with Crippen molar-refractivity contribution in [3.63, 3.8) is 0 Å². The number of fused-ring (bicyclic) bond motifs is 1. The molecule has 3 rings (SSSR count). The highest BCUT2D eigenvalue weighted by atomic mass is 35.5. The molecule has 0 saturated carbocycles. The lowest BCUT2D eigenvalue weighted by Crippen LogP contribution is -2.48. The molecule has 0 aliphatic carbocycles. The highest BCUT2D eigenvalue weighted by molar-refractivity contribution is 6.35. The summed E-state index contributed by atoms with van der Waals surface area (Å²) in [6.07, 6.45) is 0. The minimum atomic E-state index is -0.373. The summed E-state index contributed by atoms with van der Waals surface area (Å²) in [5, 5.41) is 3.87. The highest BCUT2D eigenvalue weighted by Crippen LogP contribution is 2.17. The van der Waals surface area contributed by atoms with Gasteiger partial charge in [0.15, 0.2) is 0 Å². The summed E-state index contributed by atoms with van der Waals surface area (Å²) < 4.78 is 1.24. The van der Waals surface area contributed by atoms with Crippen molar-refractivity contribution in [1.29, 1.82) is 0 Å². The number of aromatic nitrogens is 2. The van der Waals surface area contributed by atoms with Gasteiger partial charge in [-0.05, 0) is 12.1 Å². The molecular formula is C12H12ClN3O2. The van der Waals surface area contributed by atoms with Crippen LogP contribution in [0.1, 0.15) is 0 Å². The number of benzene rings is 1. The van der Waals surface area contributed by atoms with E-state index in [0.29, 0.717) is 28.4 Å². The zero-order chi connectivity index (χ0) is 12.7. The lowest BCUT2D eigenvalue weighted by atomic mass is 10.0. The molecule has 1 aliphatic heterocycles. The summed E-state index contributed by atoms with van der Waals surface area (Å²) >= 11 is 6.02. The molecule has 0 radical (unpaired) electrons. The zero-order valence-corrected chi connectivity index (χ0v) is 10.3. The quantitative estimate of drug-likeness (QED) is 0.834. The second kappa shape index (κ2) is 4.26. The number of nitrogens with one attached hydrogen (secondary N) is 2. The van der Waals surface area contributed by atoms with Gasteiger partial charge in [0.25, 0.3) is 5.56 Å². The number of halogens is 1. The lowest BCUT2D eigenvalue weighted by molar-refractivity contribution is 0.300. The van der Waals surface area contributed by atoms with Gasteiger partial charge in [-0.3, -0.25) is 9.36 Å². The predicted molar refractivity (Wildman–Crippen MR) is 70.2 cm³/mol. The molecule has 0 atom stereocenters. The first-order valence-electron chi connectivity index (χ1n) is 5.79. The van der Waals surface area contributed by atoms with Crippen LogP contribution in [0.3, 0.4) is 0 Å². The van der Waals surface area contributed by atoms with E-state index in [1.807, 2.05) is 0 Å². The van der Waals surface area contributed by atoms with Crippen LogP contribution in [0.5, 0.6) is 0 Å². The van der Waals surface area contributed by atoms with Gasteiger partial charge in [0.1, 0.15) is 0 Å². The standard InChI is InChI=1S/C12H12ClN3O2/c13-8-2-1-3-9-10(8)11(17)16(12(18)15-9)6-7-4-14-5-7/h1-3,7,14H,4-6H2,(H,15,18). The van der Waals surface area contributed by atoms with Crippen molar-refractivity contribution in [3.8, 4) is 0 Å². The summed E-state index contributed by atoms with van der Waals surface area (Å²) in [7, 11) is 0. The van der Waals surface area contributed by atoms with E-state index in [2.05, 4.69) is 10.3 Å². The molecule has 2 heterocycles. The molecule has 5 nitrogen and oxygen atoms in total. The van der Waals surface area contributed by atoms with E-state index in [0.717, 1.165) is 13.1 Å². The van der Waals surface area contributed by atoms with Crippen molar-refractivity contribution in [2.24, 2.45) is 5.92 Å². The fourth-order valence-electron chi connectivity index (χ4n) is 2.16. The fourth-order valence-corrected chi connectivity index (χ4v) is 2.41. The van der Waals surface area contributed by atoms with Crippen LogP contribution in [0, 0.1) is 5.92 Å². The minimum absolute atomic E-state index is 0.314. The Morgan fingerprint density at radius 1 is 1.33 bits per heavy atom. The Balaban J connectivity index is 2.22. The SMILES string of the molecule is O=c1[nH]c2cccc(Cl)c2c(=O)n1CC1CNC1. The van der Waals surface area contributed by atoms with E-state index < -0.39 is 0 Å². The molecule has 18 heavy (non-hydrogen) atoms. The highest BCUT2D eigenvalue weighted by Gasteiger charge is 2.20. The zero-order valence-electron chi connectivity index (χ0n) is 9.57. The largest absolute Gasteiger partial charge is 0.328 e. The van der Waals surface area contributed by atoms with Crippen LogP contribution in [-0.2, 0) is 6.54 Å². The van der Waals surface area contributed by atoms with Crippen LogP contribution in [0.4, 0.5) is 0 Å². The Labute approximate surface area is 107 Å². The molecule has 2 aromatic rings. The molecular weight excluding hydrogens is 254 g/mol. The van der Waals surface area contributed by atoms with Gasteiger partial charge in [0.05, 0.1) is 15.9 Å². The van der Waals surface area contributed by atoms with E-state index in [4.69, 9.17) is 11.6 Å². The van der Waals surface area contributed by atoms with Crippen LogP contribution in [-0.4, -0.2) is 22.6 Å². The van der Waals surface area contributed by atoms with E-state index in [1.165, 1.54) is 4.57 Å². The van der Waals surface area contributed by atoms with Gasteiger partial charge in [0, 0.05) is 25.6 Å². The topological polar surface area (TPSA) is 66.9 Å². The second-order valence-electron chi connectivity index (χ2n) is 4.53. The van der Waals surface area contributed by atoms with E-state index in [9.17, 15) is 9.59 Å². The van der Waals surface area contributed by atoms with Gasteiger partial charge in [-0.15, -0.1) is 0 Å². The van der Waals surface area contributed by atoms with Crippen molar-refractivity contribution in [1.82, 2.24) is 14.9 Å². The van der Waals surface area contributed by atoms with Crippen molar-refractivity contribution >= 4 is 22.5 Å². The minimum Gasteiger partial charge on any atom is -0.316 e. The number of H-pyrrole nitrogens is 1. The van der Waals surface area contributed by atoms with Gasteiger partial charge in [-0.2, -0.15) is 0 Å². The first-order valence-corrected chi connectivity index (χ1v) is 6.16. The molecule has 0 amide bonds. The number of hydrogen-bond donors (Lipinski definition) is 2. The first kappa shape index (κ1) is 11.5. The number of rotatable bonds is 2. The van der Waals surface area contributed by atoms with E-state index >= 15 is 0 Å². The van der Waals surface area contributed by atoms with Gasteiger partial charge in [0.2, 0.25) is 0 Å². The number of hydrogen-bond acceptors (Lipinski definition) is 3. The van der Waals surface area contributed by atoms with Gasteiger partial charge in [-0.1, -0.05) is 17.7 Å². The molecule has 1 aromatic carbocycles. The Hall–Kier alpha value is -1.59. The smallest absolute Gasteiger partial charge is 0.316 e. The van der Waals surface area contributed by atoms with E-state index in [-0.39, 0.29) is 11.2 Å². The predicted octanol–water partition coefficient (Wildman–Crippen LogP) is 0.563. The van der Waals surface area contributed by atoms with Crippen molar-refractivity contribution in [2.75, 3.05) is 13.1 Å². The molecule has 94 valence electrons. The summed E-state index contributed by atoms with van der Waals surface area (Å²) in [6, 6.07) is 5.04. The van der Waals surface area contributed by atoms with Crippen LogP contribution in [0.15, 0.2) is 27.8 Å². The first-order chi connectivity index (χ1) is 8.66. The lowest BCUT2D eigenvalue weighted by Gasteiger charge is -2.27. The Kier molecular flexibility index (Phi) is 2.72. The fraction of sp³-hybridized carbons (Fsp3) is 0.333. The van der Waals surface area contributed by atoms with Gasteiger partial charge in [-0.25, -0.2) is 4.79 Å². The Morgan fingerprint density at radius 2 is 2.11 bits per heavy atom. The summed E-state index contributed by atoms with van der Waals surface area (Å²) in [6.45, 7) is 2.11. The molecule has 0 bridgehead atoms. The Morgan fingerprint density at radius 3 is 2.78 bits per heavy atom. The second-order valence-corrected chi connectivity index (χ2v) is 4.94. The average molecular weight is 266 g/mol. The average Bonchev–Trinajstić information content (AvgIpc) is 2.26. The summed E-state index contributed by atoms with van der Waals surface area (Å²) in [5.74, 6) is 0.337. The molecule has 0 spiro atoms. The van der Waals surface area contributed by atoms with Crippen LogP contribution < -0.4 is 16.6 Å². The molecule has 1 aliphatic rings. The monoisotopic (exact) mass is 265 g/mol. The maximum absolute atomic E-state index is 12.3. The van der Waals surface area contributed by atoms with Crippen LogP contribution in [0.2, 0.25) is 5.02 Å².